The van der Waals surface area contributed by atoms with E-state index in [1.165, 1.54) is 0 Å². The first-order valence-corrected chi connectivity index (χ1v) is 6.63. The molecule has 0 saturated heterocycles. The Labute approximate surface area is 128 Å². The van der Waals surface area contributed by atoms with Crippen molar-refractivity contribution in [2.24, 2.45) is 0 Å². The molecule has 2 N–H and O–H groups in total. The van der Waals surface area contributed by atoms with E-state index >= 15 is 0 Å². The molecule has 0 fully saturated rings. The van der Waals surface area contributed by atoms with Gasteiger partial charge in [0.1, 0.15) is 0 Å². The monoisotopic (exact) mass is 342 g/mol. The Hall–Kier alpha value is -1.47. The molecule has 20 heavy (non-hydrogen) atoms. The molecule has 0 aliphatic heterocycles. The van der Waals surface area contributed by atoms with Crippen LogP contribution in [0.15, 0.2) is 48.8 Å². The van der Waals surface area contributed by atoms with Gasteiger partial charge in [-0.15, -0.1) is 0 Å². The minimum Gasteiger partial charge on any atom is -0.264 e. The molecule has 8 heteroatoms. The van der Waals surface area contributed by atoms with Gasteiger partial charge in [0.15, 0.2) is 0 Å². The van der Waals surface area contributed by atoms with E-state index in [-0.39, 0.29) is 19.5 Å². The second kappa shape index (κ2) is 6.81. The molecular formula is C12H10N2O4SZn. The second-order valence-corrected chi connectivity index (χ2v) is 4.56. The van der Waals surface area contributed by atoms with Crippen LogP contribution >= 0.6 is 0 Å². The maximum absolute atomic E-state index is 8.74. The van der Waals surface area contributed by atoms with Crippen molar-refractivity contribution in [3.63, 3.8) is 0 Å². The average Bonchev–Trinajstić information content (AvgIpc) is 2.37. The van der Waals surface area contributed by atoms with E-state index in [0.717, 1.165) is 21.8 Å². The van der Waals surface area contributed by atoms with Gasteiger partial charge in [-0.25, -0.2) is 0 Å². The Morgan fingerprint density at radius 1 is 0.800 bits per heavy atom. The Kier molecular flexibility index (Phi) is 5.65. The van der Waals surface area contributed by atoms with Crippen LogP contribution < -0.4 is 0 Å². The average molecular weight is 344 g/mol. The van der Waals surface area contributed by atoms with Gasteiger partial charge in [0.05, 0.1) is 11.0 Å². The molecule has 0 radical (unpaired) electrons. The molecule has 0 amide bonds. The molecule has 0 aliphatic carbocycles. The van der Waals surface area contributed by atoms with Gasteiger partial charge in [-0.3, -0.25) is 19.1 Å². The van der Waals surface area contributed by atoms with Gasteiger partial charge < -0.3 is 0 Å². The topological polar surface area (TPSA) is 100 Å². The van der Waals surface area contributed by atoms with Crippen molar-refractivity contribution in [1.82, 2.24) is 9.97 Å². The predicted molar refractivity (Wildman–Crippen MR) is 71.2 cm³/mol. The van der Waals surface area contributed by atoms with Gasteiger partial charge in [-0.1, -0.05) is 24.3 Å². The van der Waals surface area contributed by atoms with Gasteiger partial charge >= 0.3 is 10.4 Å². The van der Waals surface area contributed by atoms with E-state index in [1.807, 2.05) is 12.1 Å². The van der Waals surface area contributed by atoms with E-state index in [4.69, 9.17) is 17.5 Å². The minimum absolute atomic E-state index is 0. The van der Waals surface area contributed by atoms with Crippen LogP contribution in [0.5, 0.6) is 0 Å². The fraction of sp³-hybridized carbons (Fsp3) is 0. The summed E-state index contributed by atoms with van der Waals surface area (Å²) in [6.07, 6.45) is 3.60. The van der Waals surface area contributed by atoms with E-state index in [2.05, 4.69) is 34.2 Å². The molecule has 3 rings (SSSR count). The molecule has 0 atom stereocenters. The molecule has 100 valence electrons. The van der Waals surface area contributed by atoms with Crippen molar-refractivity contribution in [3.8, 4) is 0 Å². The Morgan fingerprint density at radius 3 is 1.50 bits per heavy atom. The largest absolute Gasteiger partial charge is 0.394 e. The van der Waals surface area contributed by atoms with E-state index in [0.29, 0.717) is 0 Å². The second-order valence-electron chi connectivity index (χ2n) is 3.66. The fourth-order valence-electron chi connectivity index (χ4n) is 1.68. The predicted octanol–water partition coefficient (Wildman–Crippen LogP) is 2.13. The van der Waals surface area contributed by atoms with Crippen LogP contribution in [0.25, 0.3) is 21.8 Å². The number of hydrogen-bond acceptors (Lipinski definition) is 4. The van der Waals surface area contributed by atoms with Crippen LogP contribution in [-0.4, -0.2) is 27.5 Å². The summed E-state index contributed by atoms with van der Waals surface area (Å²) in [4.78, 5) is 8.69. The Bertz CT molecular complexity index is 761. The number of benzene rings is 1. The summed E-state index contributed by atoms with van der Waals surface area (Å²) in [6, 6.07) is 12.1. The molecule has 0 unspecified atom stereocenters. The molecule has 1 aromatic carbocycles. The third-order valence-corrected chi connectivity index (χ3v) is 2.34. The summed E-state index contributed by atoms with van der Waals surface area (Å²) >= 11 is 0. The molecule has 2 heterocycles. The van der Waals surface area contributed by atoms with E-state index in [1.54, 1.807) is 12.4 Å². The van der Waals surface area contributed by atoms with E-state index in [9.17, 15) is 0 Å². The van der Waals surface area contributed by atoms with Crippen LogP contribution in [0, 0.1) is 0 Å². The zero-order chi connectivity index (χ0) is 13.9. The molecular weight excluding hydrogens is 334 g/mol. The van der Waals surface area contributed by atoms with Crippen LogP contribution in [0.2, 0.25) is 0 Å². The van der Waals surface area contributed by atoms with Gasteiger partial charge in [-0.05, 0) is 12.1 Å². The third kappa shape index (κ3) is 4.57. The summed E-state index contributed by atoms with van der Waals surface area (Å²) in [7, 11) is -4.67. The first-order chi connectivity index (χ1) is 8.95. The smallest absolute Gasteiger partial charge is 0.264 e. The van der Waals surface area contributed by atoms with E-state index < -0.39 is 10.4 Å². The molecule has 6 nitrogen and oxygen atoms in total. The van der Waals surface area contributed by atoms with Crippen LogP contribution in [0.1, 0.15) is 0 Å². The number of aromatic nitrogens is 2. The molecule has 0 saturated carbocycles. The standard InChI is InChI=1S/C12H8N2.H2O4S.Zn/c1-3-9-5-6-10-4-2-8-14-12(10)11(9)13-7-1;1-5(2,3)4;/h1-8H;(H2,1,2,3,4);. The molecule has 0 spiro atoms. The fourth-order valence-corrected chi connectivity index (χ4v) is 1.68. The summed E-state index contributed by atoms with van der Waals surface area (Å²) in [6.45, 7) is 0. The van der Waals surface area contributed by atoms with Gasteiger partial charge in [0.2, 0.25) is 0 Å². The first-order valence-electron chi connectivity index (χ1n) is 5.23. The summed E-state index contributed by atoms with van der Waals surface area (Å²) < 4.78 is 31.6. The van der Waals surface area contributed by atoms with Crippen molar-refractivity contribution >= 4 is 32.2 Å². The quantitative estimate of drug-likeness (QED) is 0.368. The zero-order valence-electron chi connectivity index (χ0n) is 10.3. The normalized spacial score (nSPS) is 10.5. The van der Waals surface area contributed by atoms with Crippen molar-refractivity contribution < 1.29 is 37.0 Å². The third-order valence-electron chi connectivity index (χ3n) is 2.34. The molecule has 0 bridgehead atoms. The number of hydrogen-bond donors (Lipinski definition) is 2. The first kappa shape index (κ1) is 16.6. The van der Waals surface area contributed by atoms with Crippen LogP contribution in [-0.2, 0) is 29.9 Å². The Balaban J connectivity index is 0.000000293. The summed E-state index contributed by atoms with van der Waals surface area (Å²) in [5.74, 6) is 0. The van der Waals surface area contributed by atoms with Crippen molar-refractivity contribution in [3.05, 3.63) is 48.8 Å². The summed E-state index contributed by atoms with van der Waals surface area (Å²) in [5.41, 5.74) is 1.95. The van der Waals surface area contributed by atoms with Gasteiger partial charge in [-0.2, -0.15) is 8.42 Å². The van der Waals surface area contributed by atoms with Crippen LogP contribution in [0.3, 0.4) is 0 Å². The Morgan fingerprint density at radius 2 is 1.15 bits per heavy atom. The van der Waals surface area contributed by atoms with Crippen molar-refractivity contribution in [2.75, 3.05) is 0 Å². The number of fused-ring (bicyclic) bond motifs is 3. The molecule has 3 aromatic rings. The number of pyridine rings is 2. The molecule has 0 aliphatic rings. The van der Waals surface area contributed by atoms with Crippen molar-refractivity contribution in [2.45, 2.75) is 0 Å². The maximum atomic E-state index is 8.74. The van der Waals surface area contributed by atoms with Crippen molar-refractivity contribution in [1.29, 1.82) is 0 Å². The van der Waals surface area contributed by atoms with Gasteiger partial charge in [0, 0.05) is 42.6 Å². The summed E-state index contributed by atoms with van der Waals surface area (Å²) in [5, 5.41) is 2.28. The van der Waals surface area contributed by atoms with Gasteiger partial charge in [0.25, 0.3) is 0 Å². The zero-order valence-corrected chi connectivity index (χ0v) is 14.1. The maximum Gasteiger partial charge on any atom is 0.394 e. The number of rotatable bonds is 0. The number of nitrogens with zero attached hydrogens (tertiary/aromatic N) is 2. The van der Waals surface area contributed by atoms with Crippen LogP contribution in [0.4, 0.5) is 0 Å². The minimum atomic E-state index is -4.67. The molecule has 2 aromatic heterocycles. The SMILES string of the molecule is O=S(=O)(O)O.[Zn].c1cnc2c(c1)ccc1cccnc12.